The number of halogens is 3. The van der Waals surface area contributed by atoms with Gasteiger partial charge in [-0.15, -0.1) is 13.2 Å². The van der Waals surface area contributed by atoms with Crippen LogP contribution in [0.4, 0.5) is 13.2 Å². The van der Waals surface area contributed by atoms with E-state index in [0.717, 1.165) is 0 Å². The molecule has 0 aliphatic rings. The number of carboxylic acids is 1. The third-order valence-electron chi connectivity index (χ3n) is 0.848. The average Bonchev–Trinajstić information content (AvgIpc) is 1.81. The molecule has 14 heavy (non-hydrogen) atoms. The van der Waals surface area contributed by atoms with Crippen molar-refractivity contribution in [1.29, 1.82) is 0 Å². The molecule has 0 spiro atoms. The number of carbonyl (C=O) groups excluding carboxylic acids is 2. The van der Waals surface area contributed by atoms with Crippen LogP contribution in [0.5, 0.6) is 0 Å². The average molecular weight is 224 g/mol. The van der Waals surface area contributed by atoms with E-state index in [4.69, 9.17) is 5.11 Å². The Kier molecular flexibility index (Phi) is 7.17. The normalized spacial score (nSPS) is 12.6. The molecule has 0 fully saturated rings. The minimum Gasteiger partial charge on any atom is -0.550 e. The molecule has 0 heterocycles. The second-order valence-corrected chi connectivity index (χ2v) is 1.96. The Morgan fingerprint density at radius 1 is 1.43 bits per heavy atom. The molecule has 5 nitrogen and oxygen atoms in total. The zero-order valence-electron chi connectivity index (χ0n) is 7.00. The SMILES string of the molecule is O=C([O-])CC(O)C(=O)OC(F)(F)F.[Na+]. The predicted octanol–water partition coefficient (Wildman–Crippen LogP) is -4.45. The molecule has 0 aromatic rings. The minimum atomic E-state index is -5.23. The zero-order valence-corrected chi connectivity index (χ0v) is 9.00. The van der Waals surface area contributed by atoms with E-state index in [-0.39, 0.29) is 29.6 Å². The maximum Gasteiger partial charge on any atom is 1.00 e. The standard InChI is InChI=1S/C5H5F3O5.Na/c6-5(7,8)13-4(12)2(9)1-3(10)11;/h2,9H,1H2,(H,10,11);/q;+1/p-1. The van der Waals surface area contributed by atoms with Gasteiger partial charge in [-0.25, -0.2) is 4.79 Å². The number of aliphatic hydroxyl groups excluding tert-OH is 1. The molecule has 1 N–H and O–H groups in total. The van der Waals surface area contributed by atoms with E-state index in [2.05, 4.69) is 4.74 Å². The molecule has 0 saturated heterocycles. The smallest absolute Gasteiger partial charge is 0.550 e. The number of hydrogen-bond acceptors (Lipinski definition) is 5. The Labute approximate surface area is 98.1 Å². The summed E-state index contributed by atoms with van der Waals surface area (Å²) in [6.45, 7) is 0. The van der Waals surface area contributed by atoms with Gasteiger partial charge in [0.1, 0.15) is 0 Å². The van der Waals surface area contributed by atoms with Gasteiger partial charge in [0.05, 0.1) is 0 Å². The molecule has 0 amide bonds. The van der Waals surface area contributed by atoms with E-state index in [1.807, 2.05) is 0 Å². The van der Waals surface area contributed by atoms with E-state index in [0.29, 0.717) is 0 Å². The van der Waals surface area contributed by atoms with Gasteiger partial charge in [-0.2, -0.15) is 0 Å². The van der Waals surface area contributed by atoms with Crippen molar-refractivity contribution in [3.8, 4) is 0 Å². The molecule has 0 aromatic carbocycles. The Balaban J connectivity index is 0. The summed E-state index contributed by atoms with van der Waals surface area (Å²) >= 11 is 0. The summed E-state index contributed by atoms with van der Waals surface area (Å²) < 4.78 is 36.6. The van der Waals surface area contributed by atoms with Gasteiger partial charge in [-0.3, -0.25) is 0 Å². The van der Waals surface area contributed by atoms with E-state index < -0.39 is 30.8 Å². The van der Waals surface area contributed by atoms with Crippen LogP contribution in [0.25, 0.3) is 0 Å². The van der Waals surface area contributed by atoms with Gasteiger partial charge in [0.2, 0.25) is 0 Å². The predicted molar refractivity (Wildman–Crippen MR) is 27.8 cm³/mol. The summed E-state index contributed by atoms with van der Waals surface area (Å²) in [5.41, 5.74) is 0. The van der Waals surface area contributed by atoms with Gasteiger partial charge in [-0.05, 0) is 0 Å². The molecule has 9 heteroatoms. The molecule has 0 radical (unpaired) electrons. The first-order valence-corrected chi connectivity index (χ1v) is 2.90. The first kappa shape index (κ1) is 16.1. The van der Waals surface area contributed by atoms with Crippen LogP contribution in [0.15, 0.2) is 0 Å². The Hall–Kier alpha value is -0.310. The molecule has 0 aliphatic heterocycles. The second-order valence-electron chi connectivity index (χ2n) is 1.96. The Morgan fingerprint density at radius 2 is 1.86 bits per heavy atom. The van der Waals surface area contributed by atoms with Gasteiger partial charge >= 0.3 is 41.9 Å². The molecule has 0 aliphatic carbocycles. The third-order valence-corrected chi connectivity index (χ3v) is 0.848. The molecule has 1 unspecified atom stereocenters. The summed E-state index contributed by atoms with van der Waals surface area (Å²) in [6.07, 6.45) is -8.84. The van der Waals surface area contributed by atoms with Gasteiger partial charge in [0.15, 0.2) is 6.10 Å². The molecule has 0 rings (SSSR count). The summed E-state index contributed by atoms with van der Waals surface area (Å²) in [4.78, 5) is 19.9. The van der Waals surface area contributed by atoms with E-state index in [9.17, 15) is 27.9 Å². The number of rotatable bonds is 3. The number of carbonyl (C=O) groups is 2. The van der Waals surface area contributed by atoms with Crippen LogP contribution in [-0.4, -0.2) is 29.5 Å². The fourth-order valence-corrected chi connectivity index (χ4v) is 0.423. The quantitative estimate of drug-likeness (QED) is 0.386. The molecular weight excluding hydrogens is 220 g/mol. The zero-order chi connectivity index (χ0) is 10.6. The van der Waals surface area contributed by atoms with Crippen LogP contribution in [0.2, 0.25) is 0 Å². The van der Waals surface area contributed by atoms with E-state index >= 15 is 0 Å². The molecule has 0 bridgehead atoms. The number of hydrogen-bond donors (Lipinski definition) is 1. The van der Waals surface area contributed by atoms with E-state index in [1.165, 1.54) is 0 Å². The number of esters is 1. The van der Waals surface area contributed by atoms with Crippen molar-refractivity contribution in [3.05, 3.63) is 0 Å². The topological polar surface area (TPSA) is 86.7 Å². The van der Waals surface area contributed by atoms with Gasteiger partial charge < -0.3 is 19.7 Å². The first-order chi connectivity index (χ1) is 5.72. The minimum absolute atomic E-state index is 0. The van der Waals surface area contributed by atoms with Crippen molar-refractivity contribution < 1.29 is 67.3 Å². The van der Waals surface area contributed by atoms with Crippen LogP contribution < -0.4 is 34.7 Å². The monoisotopic (exact) mass is 224 g/mol. The molecule has 1 atom stereocenters. The molecular formula is C5H4F3NaO5. The van der Waals surface area contributed by atoms with Crippen molar-refractivity contribution in [2.45, 2.75) is 18.9 Å². The van der Waals surface area contributed by atoms with Crippen LogP contribution in [0, 0.1) is 0 Å². The van der Waals surface area contributed by atoms with Gasteiger partial charge in [0.25, 0.3) is 0 Å². The third kappa shape index (κ3) is 8.30. The van der Waals surface area contributed by atoms with Crippen LogP contribution in [-0.2, 0) is 14.3 Å². The van der Waals surface area contributed by atoms with Crippen molar-refractivity contribution >= 4 is 11.9 Å². The molecule has 76 valence electrons. The van der Waals surface area contributed by atoms with Crippen LogP contribution in [0.1, 0.15) is 6.42 Å². The van der Waals surface area contributed by atoms with Crippen LogP contribution >= 0.6 is 0 Å². The fraction of sp³-hybridized carbons (Fsp3) is 0.600. The summed E-state index contributed by atoms with van der Waals surface area (Å²) in [7, 11) is 0. The number of aliphatic hydroxyl groups is 1. The van der Waals surface area contributed by atoms with Crippen molar-refractivity contribution in [3.63, 3.8) is 0 Å². The fourth-order valence-electron chi connectivity index (χ4n) is 0.423. The summed E-state index contributed by atoms with van der Waals surface area (Å²) in [6, 6.07) is 0. The number of alkyl halides is 3. The largest absolute Gasteiger partial charge is 1.00 e. The summed E-state index contributed by atoms with van der Waals surface area (Å²) in [5.74, 6) is -3.93. The molecule has 0 saturated carbocycles. The van der Waals surface area contributed by atoms with Crippen LogP contribution in [0.3, 0.4) is 0 Å². The van der Waals surface area contributed by atoms with Gasteiger partial charge in [0, 0.05) is 12.4 Å². The first-order valence-electron chi connectivity index (χ1n) is 2.90. The maximum absolute atomic E-state index is 11.3. The number of carboxylic acid groups (broad SMARTS) is 1. The number of aliphatic carboxylic acids is 1. The summed E-state index contributed by atoms with van der Waals surface area (Å²) in [5, 5.41) is 18.2. The Bertz CT molecular complexity index is 216. The number of ether oxygens (including phenoxy) is 1. The van der Waals surface area contributed by atoms with E-state index in [1.54, 1.807) is 0 Å². The second kappa shape index (κ2) is 6.23. The maximum atomic E-state index is 11.3. The van der Waals surface area contributed by atoms with Crippen molar-refractivity contribution in [2.24, 2.45) is 0 Å². The van der Waals surface area contributed by atoms with Gasteiger partial charge in [-0.1, -0.05) is 0 Å². The Morgan fingerprint density at radius 3 is 2.14 bits per heavy atom. The molecule has 0 aromatic heterocycles. The van der Waals surface area contributed by atoms with Crippen molar-refractivity contribution in [2.75, 3.05) is 0 Å². The van der Waals surface area contributed by atoms with Crippen molar-refractivity contribution in [1.82, 2.24) is 0 Å².